The molecule has 0 aliphatic carbocycles. The van der Waals surface area contributed by atoms with Crippen LogP contribution in [0.1, 0.15) is 31.9 Å². The van der Waals surface area contributed by atoms with E-state index in [2.05, 4.69) is 48.3 Å². The lowest BCUT2D eigenvalue weighted by molar-refractivity contribution is -0.127. The molecule has 1 heterocycles. The largest absolute Gasteiger partial charge is 0.497 e. The van der Waals surface area contributed by atoms with Gasteiger partial charge in [-0.1, -0.05) is 24.3 Å². The van der Waals surface area contributed by atoms with Crippen molar-refractivity contribution in [2.75, 3.05) is 20.2 Å². The molecule has 1 N–H and O–H groups in total. The van der Waals surface area contributed by atoms with Crippen LogP contribution >= 0.6 is 0 Å². The molecular formula is C23H30N2O3. The third-order valence-electron chi connectivity index (χ3n) is 5.42. The topological polar surface area (TPSA) is 50.8 Å². The second-order valence-corrected chi connectivity index (χ2v) is 7.91. The van der Waals surface area contributed by atoms with Gasteiger partial charge in [0.1, 0.15) is 11.5 Å². The first-order valence-corrected chi connectivity index (χ1v) is 9.79. The van der Waals surface area contributed by atoms with Gasteiger partial charge >= 0.3 is 0 Å². The van der Waals surface area contributed by atoms with Crippen molar-refractivity contribution >= 4 is 5.91 Å². The van der Waals surface area contributed by atoms with Crippen molar-refractivity contribution in [3.63, 3.8) is 0 Å². The number of carbonyl (C=O) groups excluding carboxylic acids is 1. The predicted octanol–water partition coefficient (Wildman–Crippen LogP) is 3.42. The van der Waals surface area contributed by atoms with Crippen LogP contribution in [0.25, 0.3) is 0 Å². The Bertz CT molecular complexity index is 802. The monoisotopic (exact) mass is 382 g/mol. The Morgan fingerprint density at radius 1 is 1.11 bits per heavy atom. The molecule has 0 bridgehead atoms. The lowest BCUT2D eigenvalue weighted by Crippen LogP contribution is -2.54. The number of ether oxygens (including phenoxy) is 2. The highest BCUT2D eigenvalue weighted by atomic mass is 16.5. The molecule has 5 heteroatoms. The number of fused-ring (bicyclic) bond motifs is 1. The van der Waals surface area contributed by atoms with Gasteiger partial charge in [-0.15, -0.1) is 0 Å². The third-order valence-corrected chi connectivity index (χ3v) is 5.42. The summed E-state index contributed by atoms with van der Waals surface area (Å²) in [5.74, 6) is 1.30. The van der Waals surface area contributed by atoms with Gasteiger partial charge in [-0.2, -0.15) is 0 Å². The van der Waals surface area contributed by atoms with Gasteiger partial charge in [-0.25, -0.2) is 0 Å². The van der Waals surface area contributed by atoms with Crippen LogP contribution in [-0.4, -0.2) is 42.6 Å². The molecule has 0 aromatic heterocycles. The first-order chi connectivity index (χ1) is 13.4. The SMILES string of the molecule is COc1ccc(OC(C)C(=O)NCC(C)(C)N2CCc3ccccc3C2)cc1. The first kappa shape index (κ1) is 20.2. The highest BCUT2D eigenvalue weighted by Gasteiger charge is 2.30. The van der Waals surface area contributed by atoms with Crippen LogP contribution in [0.3, 0.4) is 0 Å². The van der Waals surface area contributed by atoms with Crippen molar-refractivity contribution < 1.29 is 14.3 Å². The maximum atomic E-state index is 12.5. The van der Waals surface area contributed by atoms with Crippen molar-refractivity contribution in [3.05, 3.63) is 59.7 Å². The van der Waals surface area contributed by atoms with Crippen molar-refractivity contribution in [1.29, 1.82) is 0 Å². The van der Waals surface area contributed by atoms with E-state index in [0.717, 1.165) is 25.3 Å². The number of methoxy groups -OCH3 is 1. The summed E-state index contributed by atoms with van der Waals surface area (Å²) in [6, 6.07) is 15.8. The summed E-state index contributed by atoms with van der Waals surface area (Å²) in [4.78, 5) is 15.0. The Balaban J connectivity index is 1.52. The summed E-state index contributed by atoms with van der Waals surface area (Å²) in [6.07, 6.45) is 0.483. The van der Waals surface area contributed by atoms with Crippen LogP contribution < -0.4 is 14.8 Å². The van der Waals surface area contributed by atoms with Gasteiger partial charge in [0.25, 0.3) is 5.91 Å². The van der Waals surface area contributed by atoms with E-state index in [1.54, 1.807) is 26.2 Å². The minimum Gasteiger partial charge on any atom is -0.497 e. The van der Waals surface area contributed by atoms with E-state index < -0.39 is 6.10 Å². The van der Waals surface area contributed by atoms with Crippen LogP contribution in [0.5, 0.6) is 11.5 Å². The molecule has 0 saturated heterocycles. The van der Waals surface area contributed by atoms with Crippen LogP contribution in [0.4, 0.5) is 0 Å². The fourth-order valence-corrected chi connectivity index (χ4v) is 3.48. The summed E-state index contributed by atoms with van der Waals surface area (Å²) in [7, 11) is 1.62. The van der Waals surface area contributed by atoms with Gasteiger partial charge in [0.15, 0.2) is 6.10 Å². The van der Waals surface area contributed by atoms with Gasteiger partial charge in [0, 0.05) is 25.2 Å². The van der Waals surface area contributed by atoms with Gasteiger partial charge in [-0.3, -0.25) is 9.69 Å². The zero-order valence-corrected chi connectivity index (χ0v) is 17.2. The maximum absolute atomic E-state index is 12.5. The van der Waals surface area contributed by atoms with E-state index >= 15 is 0 Å². The second kappa shape index (κ2) is 8.65. The Hall–Kier alpha value is -2.53. The highest BCUT2D eigenvalue weighted by molar-refractivity contribution is 5.80. The number of hydrogen-bond acceptors (Lipinski definition) is 4. The van der Waals surface area contributed by atoms with E-state index in [-0.39, 0.29) is 11.4 Å². The zero-order chi connectivity index (χ0) is 20.1. The minimum atomic E-state index is -0.564. The van der Waals surface area contributed by atoms with Gasteiger partial charge in [-0.05, 0) is 62.6 Å². The van der Waals surface area contributed by atoms with Crippen LogP contribution in [0.15, 0.2) is 48.5 Å². The molecule has 0 spiro atoms. The molecule has 1 aliphatic rings. The quantitative estimate of drug-likeness (QED) is 0.797. The molecule has 1 atom stereocenters. The Kier molecular flexibility index (Phi) is 6.25. The standard InChI is InChI=1S/C23H30N2O3/c1-17(28-21-11-9-20(27-4)10-12-21)22(26)24-16-23(2,3)25-14-13-18-7-5-6-8-19(18)15-25/h5-12,17H,13-16H2,1-4H3,(H,24,26). The number of nitrogens with one attached hydrogen (secondary N) is 1. The first-order valence-electron chi connectivity index (χ1n) is 9.79. The molecule has 150 valence electrons. The second-order valence-electron chi connectivity index (χ2n) is 7.91. The normalized spacial score (nSPS) is 15.4. The molecule has 0 saturated carbocycles. The summed E-state index contributed by atoms with van der Waals surface area (Å²) < 4.78 is 10.9. The lowest BCUT2D eigenvalue weighted by atomic mass is 9.94. The maximum Gasteiger partial charge on any atom is 0.260 e. The number of benzene rings is 2. The van der Waals surface area contributed by atoms with Crippen LogP contribution in [0, 0.1) is 0 Å². The minimum absolute atomic E-state index is 0.110. The third kappa shape index (κ3) is 4.84. The highest BCUT2D eigenvalue weighted by Crippen LogP contribution is 2.25. The molecule has 1 amide bonds. The Morgan fingerprint density at radius 3 is 2.43 bits per heavy atom. The number of hydrogen-bond donors (Lipinski definition) is 1. The number of rotatable bonds is 7. The molecular weight excluding hydrogens is 352 g/mol. The van der Waals surface area contributed by atoms with Gasteiger partial charge < -0.3 is 14.8 Å². The van der Waals surface area contributed by atoms with E-state index in [0.29, 0.717) is 12.3 Å². The van der Waals surface area contributed by atoms with E-state index in [4.69, 9.17) is 9.47 Å². The average Bonchev–Trinajstić information content (AvgIpc) is 2.72. The number of carbonyl (C=O) groups is 1. The van der Waals surface area contributed by atoms with Crippen LogP contribution in [0.2, 0.25) is 0 Å². The molecule has 0 radical (unpaired) electrons. The lowest BCUT2D eigenvalue weighted by Gasteiger charge is -2.41. The Morgan fingerprint density at radius 2 is 1.75 bits per heavy atom. The average molecular weight is 383 g/mol. The van der Waals surface area contributed by atoms with Crippen molar-refractivity contribution in [2.45, 2.75) is 45.4 Å². The summed E-state index contributed by atoms with van der Waals surface area (Å²) in [5.41, 5.74) is 2.67. The fraction of sp³-hybridized carbons (Fsp3) is 0.435. The summed E-state index contributed by atoms with van der Waals surface area (Å²) in [5, 5.41) is 3.06. The van der Waals surface area contributed by atoms with E-state index in [1.165, 1.54) is 11.1 Å². The molecule has 2 aromatic rings. The zero-order valence-electron chi connectivity index (χ0n) is 17.2. The molecule has 2 aromatic carbocycles. The molecule has 1 unspecified atom stereocenters. The molecule has 5 nitrogen and oxygen atoms in total. The van der Waals surface area contributed by atoms with Crippen molar-refractivity contribution in [1.82, 2.24) is 10.2 Å². The Labute approximate surface area is 167 Å². The predicted molar refractivity (Wildman–Crippen MR) is 111 cm³/mol. The smallest absolute Gasteiger partial charge is 0.260 e. The molecule has 28 heavy (non-hydrogen) atoms. The summed E-state index contributed by atoms with van der Waals surface area (Å²) in [6.45, 7) is 8.61. The van der Waals surface area contributed by atoms with Gasteiger partial charge in [0.05, 0.1) is 7.11 Å². The van der Waals surface area contributed by atoms with E-state index in [1.807, 2.05) is 12.1 Å². The fourth-order valence-electron chi connectivity index (χ4n) is 3.48. The molecule has 0 fully saturated rings. The van der Waals surface area contributed by atoms with Gasteiger partial charge in [0.2, 0.25) is 0 Å². The van der Waals surface area contributed by atoms with E-state index in [9.17, 15) is 4.79 Å². The van der Waals surface area contributed by atoms with Crippen LogP contribution in [-0.2, 0) is 17.8 Å². The summed E-state index contributed by atoms with van der Waals surface area (Å²) >= 11 is 0. The number of nitrogens with zero attached hydrogens (tertiary/aromatic N) is 1. The van der Waals surface area contributed by atoms with Crippen molar-refractivity contribution in [2.24, 2.45) is 0 Å². The molecule has 3 rings (SSSR count). The van der Waals surface area contributed by atoms with Crippen molar-refractivity contribution in [3.8, 4) is 11.5 Å². The number of amides is 1. The molecule has 1 aliphatic heterocycles.